The number of hydrogen-bond acceptors (Lipinski definition) is 5. The molecule has 2 heterocycles. The molecule has 0 bridgehead atoms. The number of aryl methyl sites for hydroxylation is 1. The molecule has 0 aromatic carbocycles. The Labute approximate surface area is 137 Å². The summed E-state index contributed by atoms with van der Waals surface area (Å²) >= 11 is 0. The number of anilines is 1. The molecule has 23 heavy (non-hydrogen) atoms. The fourth-order valence-corrected chi connectivity index (χ4v) is 2.59. The monoisotopic (exact) mass is 321 g/mol. The van der Waals surface area contributed by atoms with Gasteiger partial charge in [-0.05, 0) is 33.2 Å². The molecule has 1 aromatic heterocycles. The summed E-state index contributed by atoms with van der Waals surface area (Å²) in [5, 5.41) is 7.07. The standard InChI is InChI=1S/C16H27N5O2/c1-12(2)19(3)11-15(22)17-8-13-5-6-21(10-13)14-7-16(23)20(4)18-9-14/h7,9,12-13H,5-6,8,10-11H2,1-4H3,(H,17,22). The third-order valence-corrected chi connectivity index (χ3v) is 4.47. The Bertz CT molecular complexity index is 598. The van der Waals surface area contributed by atoms with Gasteiger partial charge >= 0.3 is 0 Å². The Morgan fingerprint density at radius 1 is 1.52 bits per heavy atom. The zero-order valence-corrected chi connectivity index (χ0v) is 14.5. The first-order valence-electron chi connectivity index (χ1n) is 8.12. The second-order valence-electron chi connectivity index (χ2n) is 6.59. The van der Waals surface area contributed by atoms with Gasteiger partial charge in [-0.1, -0.05) is 0 Å². The van der Waals surface area contributed by atoms with Crippen molar-refractivity contribution in [1.29, 1.82) is 0 Å². The van der Waals surface area contributed by atoms with Crippen LogP contribution in [0.4, 0.5) is 5.69 Å². The lowest BCUT2D eigenvalue weighted by Gasteiger charge is -2.21. The van der Waals surface area contributed by atoms with Gasteiger partial charge in [0.15, 0.2) is 0 Å². The van der Waals surface area contributed by atoms with Crippen molar-refractivity contribution in [2.75, 3.05) is 38.1 Å². The minimum Gasteiger partial charge on any atom is -0.370 e. The lowest BCUT2D eigenvalue weighted by atomic mass is 10.1. The first-order valence-corrected chi connectivity index (χ1v) is 8.12. The van der Waals surface area contributed by atoms with Gasteiger partial charge in [0, 0.05) is 38.8 Å². The van der Waals surface area contributed by atoms with E-state index in [4.69, 9.17) is 0 Å². The molecular formula is C16H27N5O2. The molecule has 1 aromatic rings. The number of aromatic nitrogens is 2. The predicted octanol–water partition coefficient (Wildman–Crippen LogP) is 0.0630. The molecule has 0 spiro atoms. The van der Waals surface area contributed by atoms with E-state index in [0.717, 1.165) is 25.2 Å². The Morgan fingerprint density at radius 3 is 2.91 bits per heavy atom. The molecule has 1 saturated heterocycles. The minimum absolute atomic E-state index is 0.0647. The maximum atomic E-state index is 11.9. The summed E-state index contributed by atoms with van der Waals surface area (Å²) in [7, 11) is 3.59. The highest BCUT2D eigenvalue weighted by molar-refractivity contribution is 5.78. The third kappa shape index (κ3) is 4.79. The van der Waals surface area contributed by atoms with Crippen molar-refractivity contribution in [3.8, 4) is 0 Å². The van der Waals surface area contributed by atoms with Crippen LogP contribution in [0.3, 0.4) is 0 Å². The topological polar surface area (TPSA) is 70.5 Å². The maximum absolute atomic E-state index is 11.9. The highest BCUT2D eigenvalue weighted by Gasteiger charge is 2.23. The number of carbonyl (C=O) groups is 1. The van der Waals surface area contributed by atoms with Gasteiger partial charge < -0.3 is 10.2 Å². The summed E-state index contributed by atoms with van der Waals surface area (Å²) in [6, 6.07) is 1.97. The average molecular weight is 321 g/mol. The quantitative estimate of drug-likeness (QED) is 0.802. The normalized spacial score (nSPS) is 18.0. The van der Waals surface area contributed by atoms with E-state index < -0.39 is 0 Å². The fraction of sp³-hybridized carbons (Fsp3) is 0.688. The fourth-order valence-electron chi connectivity index (χ4n) is 2.59. The average Bonchev–Trinajstić information content (AvgIpc) is 2.96. The second kappa shape index (κ2) is 7.59. The van der Waals surface area contributed by atoms with Crippen LogP contribution in [0.25, 0.3) is 0 Å². The SMILES string of the molecule is CC(C)N(C)CC(=O)NCC1CCN(c2cnn(C)c(=O)c2)C1. The molecule has 1 aliphatic heterocycles. The smallest absolute Gasteiger partial charge is 0.268 e. The summed E-state index contributed by atoms with van der Waals surface area (Å²) in [5.74, 6) is 0.474. The molecule has 1 amide bonds. The number of nitrogens with one attached hydrogen (secondary N) is 1. The van der Waals surface area contributed by atoms with Crippen LogP contribution in [0.1, 0.15) is 20.3 Å². The predicted molar refractivity (Wildman–Crippen MR) is 90.6 cm³/mol. The molecule has 2 rings (SSSR count). The molecule has 0 saturated carbocycles. The van der Waals surface area contributed by atoms with E-state index in [0.29, 0.717) is 25.0 Å². The molecule has 7 heteroatoms. The highest BCUT2D eigenvalue weighted by Crippen LogP contribution is 2.21. The Kier molecular flexibility index (Phi) is 5.76. The largest absolute Gasteiger partial charge is 0.370 e. The molecule has 7 nitrogen and oxygen atoms in total. The first kappa shape index (κ1) is 17.5. The van der Waals surface area contributed by atoms with Crippen molar-refractivity contribution >= 4 is 11.6 Å². The van der Waals surface area contributed by atoms with Gasteiger partial charge in [-0.25, -0.2) is 4.68 Å². The van der Waals surface area contributed by atoms with Crippen molar-refractivity contribution in [2.24, 2.45) is 13.0 Å². The molecule has 0 aliphatic carbocycles. The summed E-state index contributed by atoms with van der Waals surface area (Å²) < 4.78 is 1.32. The maximum Gasteiger partial charge on any atom is 0.268 e. The Hall–Kier alpha value is -1.89. The van der Waals surface area contributed by atoms with E-state index in [1.54, 1.807) is 19.3 Å². The second-order valence-corrected chi connectivity index (χ2v) is 6.59. The summed E-state index contributed by atoms with van der Waals surface area (Å²) in [6.45, 7) is 6.98. The van der Waals surface area contributed by atoms with Crippen molar-refractivity contribution in [1.82, 2.24) is 20.0 Å². The first-order chi connectivity index (χ1) is 10.9. The molecular weight excluding hydrogens is 294 g/mol. The van der Waals surface area contributed by atoms with E-state index in [2.05, 4.69) is 29.2 Å². The van der Waals surface area contributed by atoms with Crippen LogP contribution in [0, 0.1) is 5.92 Å². The van der Waals surface area contributed by atoms with Gasteiger partial charge in [0.2, 0.25) is 5.91 Å². The zero-order chi connectivity index (χ0) is 17.0. The Balaban J connectivity index is 1.80. The van der Waals surface area contributed by atoms with Gasteiger partial charge in [0.05, 0.1) is 18.4 Å². The molecule has 1 fully saturated rings. The minimum atomic E-state index is -0.101. The van der Waals surface area contributed by atoms with Crippen LogP contribution in [-0.4, -0.2) is 59.9 Å². The van der Waals surface area contributed by atoms with E-state index in [1.165, 1.54) is 4.68 Å². The number of carbonyl (C=O) groups excluding carboxylic acids is 1. The van der Waals surface area contributed by atoms with Crippen LogP contribution < -0.4 is 15.8 Å². The third-order valence-electron chi connectivity index (χ3n) is 4.47. The van der Waals surface area contributed by atoms with Crippen LogP contribution >= 0.6 is 0 Å². The van der Waals surface area contributed by atoms with Gasteiger partial charge in [-0.3, -0.25) is 14.5 Å². The number of hydrogen-bond donors (Lipinski definition) is 1. The lowest BCUT2D eigenvalue weighted by molar-refractivity contribution is -0.122. The van der Waals surface area contributed by atoms with Crippen molar-refractivity contribution < 1.29 is 4.79 Å². The molecule has 1 atom stereocenters. The lowest BCUT2D eigenvalue weighted by Crippen LogP contribution is -2.40. The number of amides is 1. The van der Waals surface area contributed by atoms with Crippen molar-refractivity contribution in [3.05, 3.63) is 22.6 Å². The molecule has 1 N–H and O–H groups in total. The van der Waals surface area contributed by atoms with Crippen LogP contribution in [0.5, 0.6) is 0 Å². The summed E-state index contributed by atoms with van der Waals surface area (Å²) in [4.78, 5) is 27.8. The molecule has 0 radical (unpaired) electrons. The summed E-state index contributed by atoms with van der Waals surface area (Å²) in [6.07, 6.45) is 2.73. The van der Waals surface area contributed by atoms with Gasteiger partial charge in [0.25, 0.3) is 5.56 Å². The highest BCUT2D eigenvalue weighted by atomic mass is 16.2. The van der Waals surface area contributed by atoms with E-state index >= 15 is 0 Å². The van der Waals surface area contributed by atoms with Gasteiger partial charge in [-0.2, -0.15) is 5.10 Å². The number of likely N-dealkylation sites (N-methyl/N-ethyl adjacent to an activating group) is 1. The summed E-state index contributed by atoms with van der Waals surface area (Å²) in [5.41, 5.74) is 0.762. The molecule has 1 unspecified atom stereocenters. The van der Waals surface area contributed by atoms with E-state index in [1.807, 2.05) is 11.9 Å². The number of rotatable bonds is 6. The molecule has 1 aliphatic rings. The van der Waals surface area contributed by atoms with Crippen LogP contribution in [0.2, 0.25) is 0 Å². The van der Waals surface area contributed by atoms with E-state index in [-0.39, 0.29) is 11.5 Å². The van der Waals surface area contributed by atoms with E-state index in [9.17, 15) is 9.59 Å². The molecule has 128 valence electrons. The van der Waals surface area contributed by atoms with Crippen LogP contribution in [0.15, 0.2) is 17.1 Å². The van der Waals surface area contributed by atoms with Crippen LogP contribution in [-0.2, 0) is 11.8 Å². The number of nitrogens with zero attached hydrogens (tertiary/aromatic N) is 4. The van der Waals surface area contributed by atoms with Gasteiger partial charge in [0.1, 0.15) is 0 Å². The van der Waals surface area contributed by atoms with Crippen molar-refractivity contribution in [2.45, 2.75) is 26.3 Å². The van der Waals surface area contributed by atoms with Gasteiger partial charge in [-0.15, -0.1) is 0 Å². The Morgan fingerprint density at radius 2 is 2.26 bits per heavy atom. The zero-order valence-electron chi connectivity index (χ0n) is 14.5. The van der Waals surface area contributed by atoms with Crippen molar-refractivity contribution in [3.63, 3.8) is 0 Å².